The van der Waals surface area contributed by atoms with Gasteiger partial charge in [0.2, 0.25) is 6.79 Å². The minimum atomic E-state index is -0.955. The molecule has 5 heteroatoms. The zero-order valence-electron chi connectivity index (χ0n) is 8.90. The minimum absolute atomic E-state index is 0.0359. The molecule has 2 rings (SSSR count). The molecule has 1 aliphatic rings. The third-order valence-corrected chi connectivity index (χ3v) is 2.66. The van der Waals surface area contributed by atoms with Gasteiger partial charge in [0.15, 0.2) is 11.5 Å². The number of rotatable bonds is 3. The van der Waals surface area contributed by atoms with Gasteiger partial charge in [-0.15, -0.1) is 0 Å². The second-order valence-corrected chi connectivity index (χ2v) is 3.66. The molecule has 0 saturated heterocycles. The number of carboxylic acid groups (broad SMARTS) is 1. The van der Waals surface area contributed by atoms with Gasteiger partial charge in [0.25, 0.3) is 0 Å². The normalized spacial score (nSPS) is 14.9. The van der Waals surface area contributed by atoms with Gasteiger partial charge >= 0.3 is 5.97 Å². The summed E-state index contributed by atoms with van der Waals surface area (Å²) in [6.45, 7) is 2.05. The van der Waals surface area contributed by atoms with Crippen LogP contribution >= 0.6 is 0 Å². The number of carboxylic acids is 1. The first kappa shape index (κ1) is 10.8. The number of fused-ring (bicyclic) bond motifs is 1. The Kier molecular flexibility index (Phi) is 2.70. The van der Waals surface area contributed by atoms with Crippen molar-refractivity contribution in [1.29, 1.82) is 0 Å². The molecule has 1 atom stereocenters. The van der Waals surface area contributed by atoms with E-state index >= 15 is 0 Å². The predicted octanol–water partition coefficient (Wildman–Crippen LogP) is 0.851. The first-order valence-electron chi connectivity index (χ1n) is 4.97. The van der Waals surface area contributed by atoms with Crippen molar-refractivity contribution in [3.8, 4) is 11.5 Å². The summed E-state index contributed by atoms with van der Waals surface area (Å²) in [5, 5.41) is 9.05. The highest BCUT2D eigenvalue weighted by atomic mass is 16.7. The van der Waals surface area contributed by atoms with Crippen molar-refractivity contribution in [2.45, 2.75) is 12.8 Å². The fourth-order valence-electron chi connectivity index (χ4n) is 1.79. The van der Waals surface area contributed by atoms with E-state index in [0.717, 1.165) is 5.56 Å². The van der Waals surface area contributed by atoms with Crippen molar-refractivity contribution < 1.29 is 19.4 Å². The van der Waals surface area contributed by atoms with E-state index in [-0.39, 0.29) is 13.3 Å². The van der Waals surface area contributed by atoms with Crippen molar-refractivity contribution in [2.24, 2.45) is 5.73 Å². The second-order valence-electron chi connectivity index (χ2n) is 3.66. The maximum atomic E-state index is 11.0. The van der Waals surface area contributed by atoms with E-state index in [9.17, 15) is 4.79 Å². The standard InChI is InChI=1S/C11H13NO4/c1-6-2-3-7(8(4-12)11(13)14)10-9(6)15-5-16-10/h2-3,8H,4-5,12H2,1H3,(H,13,14). The van der Waals surface area contributed by atoms with Crippen molar-refractivity contribution in [3.05, 3.63) is 23.3 Å². The maximum Gasteiger partial charge on any atom is 0.312 e. The molecule has 0 spiro atoms. The van der Waals surface area contributed by atoms with Gasteiger partial charge in [-0.3, -0.25) is 4.79 Å². The van der Waals surface area contributed by atoms with Gasteiger partial charge in [0, 0.05) is 12.1 Å². The van der Waals surface area contributed by atoms with Crippen LogP contribution in [0.4, 0.5) is 0 Å². The van der Waals surface area contributed by atoms with Crippen molar-refractivity contribution in [2.75, 3.05) is 13.3 Å². The molecule has 0 saturated carbocycles. The van der Waals surface area contributed by atoms with Crippen molar-refractivity contribution >= 4 is 5.97 Å². The molecular formula is C11H13NO4. The van der Waals surface area contributed by atoms with Gasteiger partial charge < -0.3 is 20.3 Å². The monoisotopic (exact) mass is 223 g/mol. The highest BCUT2D eigenvalue weighted by Crippen LogP contribution is 2.41. The largest absolute Gasteiger partial charge is 0.481 e. The first-order chi connectivity index (χ1) is 7.65. The van der Waals surface area contributed by atoms with E-state index in [1.54, 1.807) is 6.07 Å². The molecule has 16 heavy (non-hydrogen) atoms. The molecule has 0 fully saturated rings. The molecule has 86 valence electrons. The highest BCUT2D eigenvalue weighted by molar-refractivity contribution is 5.78. The molecule has 1 heterocycles. The van der Waals surface area contributed by atoms with Gasteiger partial charge in [-0.2, -0.15) is 0 Å². The summed E-state index contributed by atoms with van der Waals surface area (Å²) in [5.74, 6) is -0.574. The summed E-state index contributed by atoms with van der Waals surface area (Å²) in [6, 6.07) is 3.54. The van der Waals surface area contributed by atoms with E-state index < -0.39 is 11.9 Å². The Morgan fingerprint density at radius 1 is 1.50 bits per heavy atom. The molecule has 0 amide bonds. The third-order valence-electron chi connectivity index (χ3n) is 2.66. The SMILES string of the molecule is Cc1ccc(C(CN)C(=O)O)c2c1OCO2. The number of carbonyl (C=O) groups is 1. The van der Waals surface area contributed by atoms with Crippen molar-refractivity contribution in [3.63, 3.8) is 0 Å². The van der Waals surface area contributed by atoms with Crippen LogP contribution in [-0.4, -0.2) is 24.4 Å². The maximum absolute atomic E-state index is 11.0. The van der Waals surface area contributed by atoms with Crippen LogP contribution in [0, 0.1) is 6.92 Å². The molecule has 0 radical (unpaired) electrons. The second kappa shape index (κ2) is 4.02. The Morgan fingerprint density at radius 3 is 2.81 bits per heavy atom. The van der Waals surface area contributed by atoms with Gasteiger partial charge in [-0.05, 0) is 12.5 Å². The average molecular weight is 223 g/mol. The number of aryl methyl sites for hydroxylation is 1. The Balaban J connectivity index is 2.50. The Morgan fingerprint density at radius 2 is 2.19 bits per heavy atom. The summed E-state index contributed by atoms with van der Waals surface area (Å²) in [6.07, 6.45) is 0. The molecule has 1 aliphatic heterocycles. The Labute approximate surface area is 92.8 Å². The highest BCUT2D eigenvalue weighted by Gasteiger charge is 2.28. The summed E-state index contributed by atoms with van der Waals surface area (Å²) >= 11 is 0. The molecule has 3 N–H and O–H groups in total. The number of benzene rings is 1. The molecule has 1 unspecified atom stereocenters. The van der Waals surface area contributed by atoms with Crippen LogP contribution in [0.1, 0.15) is 17.0 Å². The number of aliphatic carboxylic acids is 1. The van der Waals surface area contributed by atoms with E-state index in [2.05, 4.69) is 0 Å². The molecule has 1 aromatic carbocycles. The Bertz CT molecular complexity index is 430. The van der Waals surface area contributed by atoms with Crippen LogP contribution in [0.3, 0.4) is 0 Å². The lowest BCUT2D eigenvalue weighted by Crippen LogP contribution is -2.21. The van der Waals surface area contributed by atoms with Crippen LogP contribution in [0.5, 0.6) is 11.5 Å². The fourth-order valence-corrected chi connectivity index (χ4v) is 1.79. The molecule has 5 nitrogen and oxygen atoms in total. The molecular weight excluding hydrogens is 210 g/mol. The van der Waals surface area contributed by atoms with Crippen LogP contribution < -0.4 is 15.2 Å². The van der Waals surface area contributed by atoms with Crippen LogP contribution in [0.15, 0.2) is 12.1 Å². The van der Waals surface area contributed by atoms with Crippen molar-refractivity contribution in [1.82, 2.24) is 0 Å². The lowest BCUT2D eigenvalue weighted by molar-refractivity contribution is -0.138. The topological polar surface area (TPSA) is 81.8 Å². The molecule has 0 aliphatic carbocycles. The lowest BCUT2D eigenvalue weighted by Gasteiger charge is -2.13. The number of hydrogen-bond donors (Lipinski definition) is 2. The third kappa shape index (κ3) is 1.59. The first-order valence-corrected chi connectivity index (χ1v) is 4.97. The van der Waals surface area contributed by atoms with Gasteiger partial charge in [0.1, 0.15) is 0 Å². The number of ether oxygens (including phenoxy) is 2. The average Bonchev–Trinajstić information content (AvgIpc) is 2.71. The van der Waals surface area contributed by atoms with Crippen LogP contribution in [-0.2, 0) is 4.79 Å². The molecule has 0 aromatic heterocycles. The van der Waals surface area contributed by atoms with Crippen LogP contribution in [0.2, 0.25) is 0 Å². The fraction of sp³-hybridized carbons (Fsp3) is 0.364. The summed E-state index contributed by atoms with van der Waals surface area (Å²) in [5.41, 5.74) is 6.97. The zero-order chi connectivity index (χ0) is 11.7. The van der Waals surface area contributed by atoms with E-state index in [1.807, 2.05) is 13.0 Å². The van der Waals surface area contributed by atoms with Crippen LogP contribution in [0.25, 0.3) is 0 Å². The molecule has 1 aromatic rings. The molecule has 0 bridgehead atoms. The summed E-state index contributed by atoms with van der Waals surface area (Å²) in [7, 11) is 0. The minimum Gasteiger partial charge on any atom is -0.481 e. The van der Waals surface area contributed by atoms with E-state index in [1.165, 1.54) is 0 Å². The smallest absolute Gasteiger partial charge is 0.312 e. The lowest BCUT2D eigenvalue weighted by atomic mass is 9.96. The predicted molar refractivity (Wildman–Crippen MR) is 56.7 cm³/mol. The van der Waals surface area contributed by atoms with Gasteiger partial charge in [-0.25, -0.2) is 0 Å². The number of hydrogen-bond acceptors (Lipinski definition) is 4. The number of nitrogens with two attached hydrogens (primary N) is 1. The van der Waals surface area contributed by atoms with Gasteiger partial charge in [-0.1, -0.05) is 12.1 Å². The Hall–Kier alpha value is -1.75. The summed E-state index contributed by atoms with van der Waals surface area (Å²) in [4.78, 5) is 11.0. The summed E-state index contributed by atoms with van der Waals surface area (Å²) < 4.78 is 10.6. The zero-order valence-corrected chi connectivity index (χ0v) is 8.90. The van der Waals surface area contributed by atoms with Gasteiger partial charge in [0.05, 0.1) is 5.92 Å². The van der Waals surface area contributed by atoms with E-state index in [0.29, 0.717) is 17.1 Å². The quantitative estimate of drug-likeness (QED) is 0.793. The van der Waals surface area contributed by atoms with E-state index in [4.69, 9.17) is 20.3 Å².